The molecule has 0 saturated heterocycles. The number of hydrogen-bond donors (Lipinski definition) is 0. The predicted octanol–water partition coefficient (Wildman–Crippen LogP) is 3.30. The number of fused-ring (bicyclic) bond motifs is 2. The van der Waals surface area contributed by atoms with E-state index < -0.39 is 7.82 Å². The van der Waals surface area contributed by atoms with Crippen LogP contribution in [0.1, 0.15) is 87.1 Å². The molecule has 30 heavy (non-hydrogen) atoms. The minimum absolute atomic E-state index is 0. The van der Waals surface area contributed by atoms with Crippen LogP contribution in [-0.2, 0) is 23.8 Å². The quantitative estimate of drug-likeness (QED) is 0.492. The van der Waals surface area contributed by atoms with Crippen molar-refractivity contribution in [2.24, 2.45) is 0 Å². The van der Waals surface area contributed by atoms with Crippen LogP contribution in [0.3, 0.4) is 0 Å². The third-order valence-electron chi connectivity index (χ3n) is 5.62. The molecule has 1 aliphatic rings. The molecule has 4 nitrogen and oxygen atoms in total. The summed E-state index contributed by atoms with van der Waals surface area (Å²) in [5.41, 5.74) is 5.19. The molecule has 0 saturated carbocycles. The second-order valence-electron chi connectivity index (χ2n) is 8.54. The zero-order chi connectivity index (χ0) is 21.2. The van der Waals surface area contributed by atoms with Crippen LogP contribution in [0.4, 0.5) is 0 Å². The van der Waals surface area contributed by atoms with E-state index in [1.54, 1.807) is 6.07 Å². The van der Waals surface area contributed by atoms with Crippen molar-refractivity contribution in [3.05, 3.63) is 58.1 Å². The van der Waals surface area contributed by atoms with Gasteiger partial charge in [-0.1, -0.05) is 58.9 Å². The van der Waals surface area contributed by atoms with Gasteiger partial charge in [0.2, 0.25) is 0 Å². The van der Waals surface area contributed by atoms with Crippen LogP contribution in [0.25, 0.3) is 0 Å². The number of benzene rings is 2. The molecule has 3 rings (SSSR count). The van der Waals surface area contributed by atoms with Crippen molar-refractivity contribution in [3.63, 3.8) is 0 Å². The summed E-state index contributed by atoms with van der Waals surface area (Å²) in [6.07, 6.45) is 4.40. The van der Waals surface area contributed by atoms with Crippen LogP contribution in [0.15, 0.2) is 30.3 Å². The molecule has 0 fully saturated rings. The number of aryl methyl sites for hydroxylation is 3. The van der Waals surface area contributed by atoms with Gasteiger partial charge in [0.25, 0.3) is 0 Å². The maximum Gasteiger partial charge on any atom is 1.00 e. The van der Waals surface area contributed by atoms with Crippen molar-refractivity contribution in [3.8, 4) is 11.5 Å². The van der Waals surface area contributed by atoms with E-state index in [0.717, 1.165) is 47.9 Å². The van der Waals surface area contributed by atoms with E-state index in [1.165, 1.54) is 5.56 Å². The summed E-state index contributed by atoms with van der Waals surface area (Å²) in [6.45, 7) is 10.5. The topological polar surface area (TPSA) is 58.6 Å². The normalized spacial score (nSPS) is 15.3. The Bertz CT molecular complexity index is 896. The van der Waals surface area contributed by atoms with Crippen LogP contribution in [0, 0.1) is 0 Å². The van der Waals surface area contributed by atoms with E-state index in [-0.39, 0.29) is 29.6 Å². The molecular weight excluding hydrogens is 406 g/mol. The summed E-state index contributed by atoms with van der Waals surface area (Å²) in [7, 11) is -4.56. The van der Waals surface area contributed by atoms with Gasteiger partial charge in [-0.3, -0.25) is 0 Å². The summed E-state index contributed by atoms with van der Waals surface area (Å²) in [4.78, 5) is 12.8. The maximum atomic E-state index is 12.8. The van der Waals surface area contributed by atoms with Crippen molar-refractivity contribution in [1.82, 2.24) is 0 Å². The number of phosphoric acid groups is 1. The fraction of sp³-hybridized carbons (Fsp3) is 0.500. The van der Waals surface area contributed by atoms with Crippen LogP contribution >= 0.6 is 7.82 Å². The monoisotopic (exact) mass is 438 g/mol. The standard InChI is InChI=1S/C24H33O4P.Na/c1-6-18-13-19(16(2)3)11-12-23(18)27-29(25,26)28-24-20-9-7-8-10-21(24)15-22(14-20)17(4)5;/h11-17H,6-10H2,1-5H3,(H,25,26);/q;+1/p-1. The molecule has 6 heteroatoms. The summed E-state index contributed by atoms with van der Waals surface area (Å²) in [6, 6.07) is 9.85. The van der Waals surface area contributed by atoms with Crippen LogP contribution in [0.2, 0.25) is 0 Å². The minimum Gasteiger partial charge on any atom is -0.736 e. The first kappa shape index (κ1) is 25.5. The van der Waals surface area contributed by atoms with Gasteiger partial charge in [-0.2, -0.15) is 0 Å². The number of hydrogen-bond acceptors (Lipinski definition) is 4. The minimum atomic E-state index is -4.56. The van der Waals surface area contributed by atoms with Crippen molar-refractivity contribution in [2.75, 3.05) is 0 Å². The Morgan fingerprint density at radius 1 is 0.933 bits per heavy atom. The Hall–Kier alpha value is -0.770. The Morgan fingerprint density at radius 3 is 2.00 bits per heavy atom. The van der Waals surface area contributed by atoms with Crippen LogP contribution in [-0.4, -0.2) is 0 Å². The number of phosphoric ester groups is 1. The molecule has 0 amide bonds. The van der Waals surface area contributed by atoms with Crippen LogP contribution in [0.5, 0.6) is 11.5 Å². The Balaban J connectivity index is 0.00000320. The molecule has 1 atom stereocenters. The molecule has 1 aliphatic carbocycles. The van der Waals surface area contributed by atoms with E-state index in [2.05, 4.69) is 39.8 Å². The molecule has 1 unspecified atom stereocenters. The molecule has 158 valence electrons. The summed E-state index contributed by atoms with van der Waals surface area (Å²) in [5, 5.41) is 0. The molecule has 2 aromatic rings. The van der Waals surface area contributed by atoms with E-state index in [1.807, 2.05) is 19.1 Å². The van der Waals surface area contributed by atoms with Gasteiger partial charge >= 0.3 is 37.4 Å². The Morgan fingerprint density at radius 2 is 1.50 bits per heavy atom. The smallest absolute Gasteiger partial charge is 0.736 e. The van der Waals surface area contributed by atoms with E-state index in [0.29, 0.717) is 29.8 Å². The molecule has 2 bridgehead atoms. The first-order valence-corrected chi connectivity index (χ1v) is 12.1. The SMILES string of the molecule is CCc1cc(C(C)C)ccc1OP(=O)([O-])Oc1c2cc(C(C)C)cc1CCCC2.[Na+]. The van der Waals surface area contributed by atoms with E-state index in [4.69, 9.17) is 9.05 Å². The molecular formula is C24H32NaO4P. The van der Waals surface area contributed by atoms with Gasteiger partial charge in [0, 0.05) is 0 Å². The average molecular weight is 438 g/mol. The number of rotatable bonds is 7. The molecule has 0 heterocycles. The van der Waals surface area contributed by atoms with Gasteiger partial charge in [-0.05, 0) is 77.8 Å². The Kier molecular flexibility index (Phi) is 9.09. The van der Waals surface area contributed by atoms with E-state index in [9.17, 15) is 9.46 Å². The first-order valence-electron chi connectivity index (χ1n) is 10.7. The van der Waals surface area contributed by atoms with Gasteiger partial charge in [0.1, 0.15) is 11.5 Å². The van der Waals surface area contributed by atoms with Gasteiger partial charge in [-0.15, -0.1) is 0 Å². The fourth-order valence-electron chi connectivity index (χ4n) is 3.81. The first-order chi connectivity index (χ1) is 13.7. The fourth-order valence-corrected chi connectivity index (χ4v) is 4.72. The van der Waals surface area contributed by atoms with Crippen molar-refractivity contribution < 1.29 is 48.1 Å². The molecule has 0 radical (unpaired) electrons. The second-order valence-corrected chi connectivity index (χ2v) is 9.79. The van der Waals surface area contributed by atoms with Gasteiger partial charge in [0.15, 0.2) is 0 Å². The molecule has 0 spiro atoms. The molecule has 0 N–H and O–H groups in total. The largest absolute Gasteiger partial charge is 1.00 e. The molecule has 0 aliphatic heterocycles. The van der Waals surface area contributed by atoms with Gasteiger partial charge in [0.05, 0.1) is 0 Å². The van der Waals surface area contributed by atoms with Gasteiger partial charge < -0.3 is 13.9 Å². The average Bonchev–Trinajstić information content (AvgIpc) is 2.76. The Labute approximate surface area is 203 Å². The molecule has 2 aromatic carbocycles. The maximum absolute atomic E-state index is 12.8. The third-order valence-corrected chi connectivity index (χ3v) is 6.45. The summed E-state index contributed by atoms with van der Waals surface area (Å²) < 4.78 is 23.8. The second kappa shape index (κ2) is 10.7. The van der Waals surface area contributed by atoms with Crippen LogP contribution < -0.4 is 43.5 Å². The van der Waals surface area contributed by atoms with E-state index >= 15 is 0 Å². The summed E-state index contributed by atoms with van der Waals surface area (Å²) >= 11 is 0. The summed E-state index contributed by atoms with van der Waals surface area (Å²) in [5.74, 6) is 1.59. The molecule has 0 aromatic heterocycles. The van der Waals surface area contributed by atoms with Crippen molar-refractivity contribution >= 4 is 7.82 Å². The predicted molar refractivity (Wildman–Crippen MR) is 116 cm³/mol. The third kappa shape index (κ3) is 6.14. The zero-order valence-corrected chi connectivity index (χ0v) is 22.1. The zero-order valence-electron chi connectivity index (χ0n) is 19.2. The van der Waals surface area contributed by atoms with Crippen molar-refractivity contribution in [1.29, 1.82) is 0 Å². The van der Waals surface area contributed by atoms with Crippen molar-refractivity contribution in [2.45, 2.75) is 78.6 Å². The van der Waals surface area contributed by atoms with Gasteiger partial charge in [-0.25, -0.2) is 4.57 Å².